The van der Waals surface area contributed by atoms with E-state index >= 15 is 0 Å². The van der Waals surface area contributed by atoms with Crippen molar-refractivity contribution in [1.82, 2.24) is 4.98 Å². The normalized spacial score (nSPS) is 10.9. The first kappa shape index (κ1) is 13.9. The molecule has 0 amide bonds. The van der Waals surface area contributed by atoms with E-state index in [4.69, 9.17) is 10.00 Å². The minimum atomic E-state index is -4.54. The molecule has 1 heterocycles. The Morgan fingerprint density at radius 2 is 1.85 bits per heavy atom. The van der Waals surface area contributed by atoms with Gasteiger partial charge in [0.05, 0.1) is 5.56 Å². The molecule has 0 radical (unpaired) electrons. The van der Waals surface area contributed by atoms with Gasteiger partial charge in [0, 0.05) is 6.20 Å². The standard InChI is InChI=1S/C14H9F3N2O/c1-9-2-4-11(5-3-9)20-13-6-10(14(15,16)17)8-19-12(13)7-18/h2-6,8H,1H3. The number of nitrogens with zero attached hydrogens (tertiary/aromatic N) is 2. The highest BCUT2D eigenvalue weighted by Crippen LogP contribution is 2.33. The summed E-state index contributed by atoms with van der Waals surface area (Å²) in [5, 5.41) is 8.86. The maximum absolute atomic E-state index is 12.6. The van der Waals surface area contributed by atoms with Crippen LogP contribution in [-0.4, -0.2) is 4.98 Å². The van der Waals surface area contributed by atoms with Crippen LogP contribution in [0.15, 0.2) is 36.5 Å². The smallest absolute Gasteiger partial charge is 0.418 e. The predicted molar refractivity (Wildman–Crippen MR) is 65.2 cm³/mol. The zero-order valence-corrected chi connectivity index (χ0v) is 10.4. The molecular weight excluding hydrogens is 269 g/mol. The highest BCUT2D eigenvalue weighted by molar-refractivity contribution is 5.43. The molecule has 102 valence electrons. The SMILES string of the molecule is Cc1ccc(Oc2cc(C(F)(F)F)cnc2C#N)cc1. The molecule has 0 unspecified atom stereocenters. The molecule has 0 aliphatic heterocycles. The molecule has 0 aliphatic carbocycles. The van der Waals surface area contributed by atoms with Gasteiger partial charge in [0.25, 0.3) is 0 Å². The van der Waals surface area contributed by atoms with Crippen LogP contribution in [0.1, 0.15) is 16.8 Å². The van der Waals surface area contributed by atoms with Crippen molar-refractivity contribution in [2.75, 3.05) is 0 Å². The lowest BCUT2D eigenvalue weighted by Crippen LogP contribution is -2.06. The van der Waals surface area contributed by atoms with Crippen molar-refractivity contribution in [1.29, 1.82) is 5.26 Å². The van der Waals surface area contributed by atoms with Gasteiger partial charge in [-0.15, -0.1) is 0 Å². The van der Waals surface area contributed by atoms with Gasteiger partial charge in [-0.1, -0.05) is 17.7 Å². The van der Waals surface area contributed by atoms with Crippen LogP contribution in [0.5, 0.6) is 11.5 Å². The monoisotopic (exact) mass is 278 g/mol. The number of pyridine rings is 1. The van der Waals surface area contributed by atoms with Gasteiger partial charge in [-0.25, -0.2) is 4.98 Å². The molecule has 0 fully saturated rings. The molecular formula is C14H9F3N2O. The third-order valence-corrected chi connectivity index (χ3v) is 2.53. The van der Waals surface area contributed by atoms with E-state index in [1.54, 1.807) is 30.3 Å². The van der Waals surface area contributed by atoms with Crippen molar-refractivity contribution in [3.05, 3.63) is 53.3 Å². The summed E-state index contributed by atoms with van der Waals surface area (Å²) in [4.78, 5) is 3.47. The molecule has 0 N–H and O–H groups in total. The Kier molecular flexibility index (Phi) is 3.61. The lowest BCUT2D eigenvalue weighted by atomic mass is 10.2. The molecule has 1 aromatic carbocycles. The van der Waals surface area contributed by atoms with Crippen LogP contribution in [0.3, 0.4) is 0 Å². The summed E-state index contributed by atoms with van der Waals surface area (Å²) in [6.45, 7) is 1.87. The zero-order chi connectivity index (χ0) is 14.8. The van der Waals surface area contributed by atoms with E-state index in [2.05, 4.69) is 4.98 Å². The second-order valence-electron chi connectivity index (χ2n) is 4.10. The average molecular weight is 278 g/mol. The number of rotatable bonds is 2. The van der Waals surface area contributed by atoms with E-state index in [1.165, 1.54) is 0 Å². The first-order valence-corrected chi connectivity index (χ1v) is 5.62. The Balaban J connectivity index is 2.39. The molecule has 0 spiro atoms. The summed E-state index contributed by atoms with van der Waals surface area (Å²) in [5.41, 5.74) is -0.169. The fourth-order valence-electron chi connectivity index (χ4n) is 1.49. The predicted octanol–water partition coefficient (Wildman–Crippen LogP) is 4.07. The van der Waals surface area contributed by atoms with Crippen LogP contribution in [0.4, 0.5) is 13.2 Å². The van der Waals surface area contributed by atoms with Gasteiger partial charge in [0.15, 0.2) is 11.4 Å². The molecule has 6 heteroatoms. The largest absolute Gasteiger partial charge is 0.454 e. The van der Waals surface area contributed by atoms with Crippen LogP contribution < -0.4 is 4.74 Å². The quantitative estimate of drug-likeness (QED) is 0.831. The molecule has 0 saturated heterocycles. The number of benzene rings is 1. The summed E-state index contributed by atoms with van der Waals surface area (Å²) in [6, 6.07) is 9.19. The third-order valence-electron chi connectivity index (χ3n) is 2.53. The molecule has 20 heavy (non-hydrogen) atoms. The number of hydrogen-bond donors (Lipinski definition) is 0. The van der Waals surface area contributed by atoms with Crippen LogP contribution >= 0.6 is 0 Å². The first-order valence-electron chi connectivity index (χ1n) is 5.62. The summed E-state index contributed by atoms with van der Waals surface area (Å²) in [6.07, 6.45) is -3.92. The Morgan fingerprint density at radius 3 is 2.40 bits per heavy atom. The number of halogens is 3. The van der Waals surface area contributed by atoms with Crippen molar-refractivity contribution in [3.63, 3.8) is 0 Å². The van der Waals surface area contributed by atoms with E-state index in [0.717, 1.165) is 11.6 Å². The van der Waals surface area contributed by atoms with Gasteiger partial charge in [0.2, 0.25) is 0 Å². The summed E-state index contributed by atoms with van der Waals surface area (Å²) in [7, 11) is 0. The number of ether oxygens (including phenoxy) is 1. The lowest BCUT2D eigenvalue weighted by molar-refractivity contribution is -0.137. The van der Waals surface area contributed by atoms with Crippen LogP contribution in [0.2, 0.25) is 0 Å². The maximum Gasteiger partial charge on any atom is 0.418 e. The zero-order valence-electron chi connectivity index (χ0n) is 10.4. The van der Waals surface area contributed by atoms with Crippen LogP contribution in [0.25, 0.3) is 0 Å². The lowest BCUT2D eigenvalue weighted by Gasteiger charge is -2.10. The van der Waals surface area contributed by atoms with Crippen molar-refractivity contribution in [3.8, 4) is 17.6 Å². The topological polar surface area (TPSA) is 45.9 Å². The highest BCUT2D eigenvalue weighted by Gasteiger charge is 2.32. The fourth-order valence-corrected chi connectivity index (χ4v) is 1.49. The van der Waals surface area contributed by atoms with Gasteiger partial charge < -0.3 is 4.74 Å². The van der Waals surface area contributed by atoms with E-state index < -0.39 is 11.7 Å². The van der Waals surface area contributed by atoms with E-state index in [0.29, 0.717) is 11.9 Å². The molecule has 2 aromatic rings. The minimum Gasteiger partial charge on any atom is -0.454 e. The Labute approximate surface area is 113 Å². The number of aromatic nitrogens is 1. The van der Waals surface area contributed by atoms with Gasteiger partial charge >= 0.3 is 6.18 Å². The van der Waals surface area contributed by atoms with Crippen LogP contribution in [0, 0.1) is 18.3 Å². The maximum atomic E-state index is 12.6. The minimum absolute atomic E-state index is 0.196. The molecule has 2 rings (SSSR count). The molecule has 0 aliphatic rings. The fraction of sp³-hybridized carbons (Fsp3) is 0.143. The van der Waals surface area contributed by atoms with Crippen LogP contribution in [-0.2, 0) is 6.18 Å². The highest BCUT2D eigenvalue weighted by atomic mass is 19.4. The van der Waals surface area contributed by atoms with Crippen molar-refractivity contribution in [2.24, 2.45) is 0 Å². The molecule has 0 bridgehead atoms. The van der Waals surface area contributed by atoms with E-state index in [9.17, 15) is 13.2 Å². The number of hydrogen-bond acceptors (Lipinski definition) is 3. The number of alkyl halides is 3. The Morgan fingerprint density at radius 1 is 1.20 bits per heavy atom. The molecule has 0 atom stereocenters. The number of nitriles is 1. The van der Waals surface area contributed by atoms with E-state index in [1.807, 2.05) is 6.92 Å². The average Bonchev–Trinajstić information content (AvgIpc) is 2.40. The molecule has 3 nitrogen and oxygen atoms in total. The van der Waals surface area contributed by atoms with Gasteiger partial charge in [-0.2, -0.15) is 18.4 Å². The molecule has 1 aromatic heterocycles. The summed E-state index contributed by atoms with van der Waals surface area (Å²) in [5.74, 6) is 0.124. The Hall–Kier alpha value is -2.55. The van der Waals surface area contributed by atoms with Crippen molar-refractivity contribution >= 4 is 0 Å². The Bertz CT molecular complexity index is 658. The second kappa shape index (κ2) is 5.21. The van der Waals surface area contributed by atoms with Gasteiger partial charge in [-0.3, -0.25) is 0 Å². The van der Waals surface area contributed by atoms with Gasteiger partial charge in [-0.05, 0) is 25.1 Å². The van der Waals surface area contributed by atoms with E-state index in [-0.39, 0.29) is 11.4 Å². The molecule has 0 saturated carbocycles. The third kappa shape index (κ3) is 3.06. The van der Waals surface area contributed by atoms with Crippen molar-refractivity contribution in [2.45, 2.75) is 13.1 Å². The van der Waals surface area contributed by atoms with Gasteiger partial charge in [0.1, 0.15) is 11.8 Å². The van der Waals surface area contributed by atoms with Crippen molar-refractivity contribution < 1.29 is 17.9 Å². The second-order valence-corrected chi connectivity index (χ2v) is 4.10. The first-order chi connectivity index (χ1) is 9.40. The summed E-state index contributed by atoms with van der Waals surface area (Å²) >= 11 is 0. The number of aryl methyl sites for hydroxylation is 1. The summed E-state index contributed by atoms with van der Waals surface area (Å²) < 4.78 is 43.2.